The van der Waals surface area contributed by atoms with Crippen LogP contribution >= 0.6 is 0 Å². The molecule has 3 heterocycles. The summed E-state index contributed by atoms with van der Waals surface area (Å²) in [7, 11) is 0. The molecule has 0 aromatic rings. The van der Waals surface area contributed by atoms with Gasteiger partial charge in [0.15, 0.2) is 0 Å². The molecule has 0 radical (unpaired) electrons. The van der Waals surface area contributed by atoms with Crippen LogP contribution < -0.4 is 5.32 Å². The first kappa shape index (κ1) is 21.8. The number of nitrogens with zero attached hydrogens (tertiary/aromatic N) is 3. The maximum Gasteiger partial charge on any atom is 0.317 e. The summed E-state index contributed by atoms with van der Waals surface area (Å²) < 4.78 is 0. The van der Waals surface area contributed by atoms with E-state index in [1.54, 1.807) is 18.7 Å². The molecule has 3 aliphatic heterocycles. The molecule has 10 heteroatoms. The number of amides is 6. The molecule has 2 unspecified atom stereocenters. The summed E-state index contributed by atoms with van der Waals surface area (Å²) >= 11 is 0. The molecule has 0 saturated carbocycles. The first-order chi connectivity index (χ1) is 13.3. The molecule has 28 heavy (non-hydrogen) atoms. The molecule has 0 aliphatic carbocycles. The maximum atomic E-state index is 11.6. The molecule has 0 aromatic heterocycles. The first-order valence-electron chi connectivity index (χ1n) is 9.58. The van der Waals surface area contributed by atoms with Gasteiger partial charge in [-0.2, -0.15) is 0 Å². The van der Waals surface area contributed by atoms with Crippen LogP contribution in [0.15, 0.2) is 0 Å². The number of hydrogen-bond acceptors (Lipinski definition) is 6. The third-order valence-electron chi connectivity index (χ3n) is 5.02. The number of imide groups is 2. The van der Waals surface area contributed by atoms with Gasteiger partial charge < -0.3 is 15.3 Å². The molecule has 3 rings (SSSR count). The van der Waals surface area contributed by atoms with Crippen molar-refractivity contribution in [3.05, 3.63) is 0 Å². The molecule has 3 fully saturated rings. The Bertz CT molecular complexity index is 652. The van der Waals surface area contributed by atoms with Crippen molar-refractivity contribution in [2.75, 3.05) is 39.3 Å². The number of nitrogens with one attached hydrogen (secondary N) is 1. The molecule has 3 aliphatic rings. The van der Waals surface area contributed by atoms with Gasteiger partial charge in [-0.05, 0) is 6.42 Å². The molecular weight excluding hydrogens is 368 g/mol. The SMILES string of the molecule is CC1CC(=O)N(CCCO)C1=O.CC1CC(=O)N(CCN2CCNC2=O)C1=O. The molecule has 3 saturated heterocycles. The summed E-state index contributed by atoms with van der Waals surface area (Å²) in [6.45, 7) is 5.90. The number of carbonyl (C=O) groups is 5. The van der Waals surface area contributed by atoms with E-state index in [2.05, 4.69) is 5.32 Å². The summed E-state index contributed by atoms with van der Waals surface area (Å²) in [5.41, 5.74) is 0. The quantitative estimate of drug-likeness (QED) is 0.564. The predicted octanol–water partition coefficient (Wildman–Crippen LogP) is -0.830. The minimum Gasteiger partial charge on any atom is -0.396 e. The zero-order valence-corrected chi connectivity index (χ0v) is 16.3. The minimum atomic E-state index is -0.208. The van der Waals surface area contributed by atoms with E-state index >= 15 is 0 Å². The second kappa shape index (κ2) is 9.63. The molecule has 0 bridgehead atoms. The number of aliphatic hydroxyl groups excluding tert-OH is 1. The number of likely N-dealkylation sites (tertiary alicyclic amines) is 2. The highest BCUT2D eigenvalue weighted by molar-refractivity contribution is 6.03. The fourth-order valence-corrected chi connectivity index (χ4v) is 3.34. The Hall–Kier alpha value is -2.49. The van der Waals surface area contributed by atoms with Gasteiger partial charge in [-0.25, -0.2) is 4.79 Å². The standard InChI is InChI=1S/C10H15N3O3.C8H13NO3/c1-7-6-8(14)13(9(7)15)5-4-12-3-2-11-10(12)16;1-6-5-7(11)9(8(6)12)3-2-4-10/h7H,2-6H2,1H3,(H,11,16);6,10H,2-5H2,1H3. The second-order valence-corrected chi connectivity index (χ2v) is 7.27. The van der Waals surface area contributed by atoms with Crippen LogP contribution in [-0.2, 0) is 19.2 Å². The Balaban J connectivity index is 0.000000209. The van der Waals surface area contributed by atoms with Crippen LogP contribution in [0.25, 0.3) is 0 Å². The van der Waals surface area contributed by atoms with E-state index in [0.717, 1.165) is 0 Å². The molecule has 10 nitrogen and oxygen atoms in total. The predicted molar refractivity (Wildman–Crippen MR) is 97.7 cm³/mol. The van der Waals surface area contributed by atoms with Crippen LogP contribution in [0.1, 0.15) is 33.1 Å². The van der Waals surface area contributed by atoms with Crippen molar-refractivity contribution in [2.45, 2.75) is 33.1 Å². The molecule has 6 amide bonds. The van der Waals surface area contributed by atoms with Crippen LogP contribution in [0.2, 0.25) is 0 Å². The highest BCUT2D eigenvalue weighted by Crippen LogP contribution is 2.19. The Kier molecular flexibility index (Phi) is 7.50. The zero-order valence-electron chi connectivity index (χ0n) is 16.3. The van der Waals surface area contributed by atoms with Crippen LogP contribution in [0, 0.1) is 11.8 Å². The normalized spacial score (nSPS) is 24.8. The van der Waals surface area contributed by atoms with E-state index in [4.69, 9.17) is 5.11 Å². The van der Waals surface area contributed by atoms with Crippen molar-refractivity contribution in [3.8, 4) is 0 Å². The van der Waals surface area contributed by atoms with E-state index in [0.29, 0.717) is 52.0 Å². The molecule has 156 valence electrons. The third-order valence-corrected chi connectivity index (χ3v) is 5.02. The number of urea groups is 1. The smallest absolute Gasteiger partial charge is 0.317 e. The van der Waals surface area contributed by atoms with Crippen molar-refractivity contribution in [1.82, 2.24) is 20.0 Å². The number of carbonyl (C=O) groups excluding carboxylic acids is 5. The summed E-state index contributed by atoms with van der Waals surface area (Å²) in [5, 5.41) is 11.2. The average Bonchev–Trinajstić information content (AvgIpc) is 3.24. The van der Waals surface area contributed by atoms with Crippen LogP contribution in [0.3, 0.4) is 0 Å². The van der Waals surface area contributed by atoms with E-state index in [1.165, 1.54) is 9.80 Å². The van der Waals surface area contributed by atoms with Gasteiger partial charge in [0, 0.05) is 64.0 Å². The van der Waals surface area contributed by atoms with E-state index < -0.39 is 0 Å². The number of hydrogen-bond donors (Lipinski definition) is 2. The van der Waals surface area contributed by atoms with E-state index in [1.807, 2.05) is 0 Å². The Morgan fingerprint density at radius 1 is 0.893 bits per heavy atom. The average molecular weight is 396 g/mol. The Morgan fingerprint density at radius 3 is 1.82 bits per heavy atom. The van der Waals surface area contributed by atoms with E-state index in [-0.39, 0.29) is 48.1 Å². The fourth-order valence-electron chi connectivity index (χ4n) is 3.34. The van der Waals surface area contributed by atoms with Crippen LogP contribution in [0.5, 0.6) is 0 Å². The minimum absolute atomic E-state index is 0.0193. The lowest BCUT2D eigenvalue weighted by molar-refractivity contribution is -0.140. The van der Waals surface area contributed by atoms with Crippen molar-refractivity contribution in [3.63, 3.8) is 0 Å². The largest absolute Gasteiger partial charge is 0.396 e. The molecule has 0 spiro atoms. The van der Waals surface area contributed by atoms with Gasteiger partial charge in [-0.1, -0.05) is 13.8 Å². The number of aliphatic hydroxyl groups is 1. The zero-order chi connectivity index (χ0) is 20.8. The molecule has 2 N–H and O–H groups in total. The first-order valence-corrected chi connectivity index (χ1v) is 9.58. The van der Waals surface area contributed by atoms with Crippen molar-refractivity contribution in [2.24, 2.45) is 11.8 Å². The molecular formula is C18H28N4O6. The van der Waals surface area contributed by atoms with Gasteiger partial charge in [0.2, 0.25) is 23.6 Å². The summed E-state index contributed by atoms with van der Waals surface area (Å²) in [6.07, 6.45) is 1.10. The van der Waals surface area contributed by atoms with Gasteiger partial charge in [0.1, 0.15) is 0 Å². The lowest BCUT2D eigenvalue weighted by atomic mass is 10.1. The maximum absolute atomic E-state index is 11.6. The second-order valence-electron chi connectivity index (χ2n) is 7.27. The van der Waals surface area contributed by atoms with Gasteiger partial charge >= 0.3 is 6.03 Å². The highest BCUT2D eigenvalue weighted by Gasteiger charge is 2.36. The molecule has 0 aromatic carbocycles. The van der Waals surface area contributed by atoms with Crippen molar-refractivity contribution in [1.29, 1.82) is 0 Å². The van der Waals surface area contributed by atoms with Crippen molar-refractivity contribution >= 4 is 29.7 Å². The van der Waals surface area contributed by atoms with Crippen molar-refractivity contribution < 1.29 is 29.1 Å². The fraction of sp³-hybridized carbons (Fsp3) is 0.722. The van der Waals surface area contributed by atoms with Gasteiger partial charge in [0.25, 0.3) is 0 Å². The topological polar surface area (TPSA) is 127 Å². The Morgan fingerprint density at radius 2 is 1.43 bits per heavy atom. The molecule has 2 atom stereocenters. The summed E-state index contributed by atoms with van der Waals surface area (Å²) in [6, 6.07) is -0.118. The summed E-state index contributed by atoms with van der Waals surface area (Å²) in [5.74, 6) is -0.841. The monoisotopic (exact) mass is 396 g/mol. The third kappa shape index (κ3) is 5.06. The van der Waals surface area contributed by atoms with Gasteiger partial charge in [-0.3, -0.25) is 29.0 Å². The van der Waals surface area contributed by atoms with Gasteiger partial charge in [-0.15, -0.1) is 0 Å². The Labute approximate surface area is 163 Å². The van der Waals surface area contributed by atoms with E-state index in [9.17, 15) is 24.0 Å². The summed E-state index contributed by atoms with van der Waals surface area (Å²) in [4.78, 5) is 60.8. The lowest BCUT2D eigenvalue weighted by Gasteiger charge is -2.19. The van der Waals surface area contributed by atoms with Crippen LogP contribution in [-0.4, -0.2) is 88.8 Å². The number of rotatable bonds is 6. The lowest BCUT2D eigenvalue weighted by Crippen LogP contribution is -2.39. The highest BCUT2D eigenvalue weighted by atomic mass is 16.3. The van der Waals surface area contributed by atoms with Crippen LogP contribution in [0.4, 0.5) is 4.79 Å². The van der Waals surface area contributed by atoms with Gasteiger partial charge in [0.05, 0.1) is 0 Å².